The summed E-state index contributed by atoms with van der Waals surface area (Å²) in [4.78, 5) is 14.0. The Morgan fingerprint density at radius 1 is 1.00 bits per heavy atom. The topological polar surface area (TPSA) is 55.8 Å². The number of aliphatic hydroxyl groups is 1. The minimum Gasteiger partial charge on any atom is -0.393 e. The van der Waals surface area contributed by atoms with Crippen LogP contribution in [-0.2, 0) is 14.3 Å². The first-order valence-electron chi connectivity index (χ1n) is 13.2. The van der Waals surface area contributed by atoms with Crippen LogP contribution in [0.2, 0.25) is 0 Å². The molecule has 9 unspecified atom stereocenters. The molecule has 0 radical (unpaired) electrons. The van der Waals surface area contributed by atoms with Gasteiger partial charge in [0.2, 0.25) is 0 Å². The van der Waals surface area contributed by atoms with Crippen LogP contribution >= 0.6 is 0 Å². The van der Waals surface area contributed by atoms with Gasteiger partial charge in [0.25, 0.3) is 0 Å². The summed E-state index contributed by atoms with van der Waals surface area (Å²) < 4.78 is 13.2. The molecule has 12 atom stereocenters. The van der Waals surface area contributed by atoms with Crippen LogP contribution in [0.4, 0.5) is 0 Å². The average molecular weight is 431 g/mol. The highest BCUT2D eigenvalue weighted by atomic mass is 16.7. The second-order valence-electron chi connectivity index (χ2n) is 13.0. The first kappa shape index (κ1) is 21.1. The van der Waals surface area contributed by atoms with Gasteiger partial charge in [-0.2, -0.15) is 0 Å². The quantitative estimate of drug-likeness (QED) is 0.589. The molecule has 31 heavy (non-hydrogen) atoms. The molecule has 4 nitrogen and oxygen atoms in total. The van der Waals surface area contributed by atoms with Crippen molar-refractivity contribution in [1.82, 2.24) is 0 Å². The smallest absolute Gasteiger partial charge is 0.171 e. The number of Topliss-reactive ketones (excluding diaryl/α,β-unsaturated/α-hetero) is 1. The largest absolute Gasteiger partial charge is 0.393 e. The van der Waals surface area contributed by atoms with Crippen molar-refractivity contribution in [2.75, 3.05) is 6.61 Å². The highest BCUT2D eigenvalue weighted by molar-refractivity contribution is 5.87. The molecule has 0 aromatic rings. The first-order chi connectivity index (χ1) is 14.7. The lowest BCUT2D eigenvalue weighted by Crippen LogP contribution is -2.58. The lowest BCUT2D eigenvalue weighted by molar-refractivity contribution is -0.272. The Morgan fingerprint density at radius 2 is 1.81 bits per heavy atom. The monoisotopic (exact) mass is 430 g/mol. The maximum Gasteiger partial charge on any atom is 0.171 e. The minimum absolute atomic E-state index is 0.131. The van der Waals surface area contributed by atoms with E-state index in [9.17, 15) is 9.90 Å². The maximum atomic E-state index is 14.0. The number of fused-ring (bicyclic) bond motifs is 7. The molecule has 4 heteroatoms. The fourth-order valence-electron chi connectivity index (χ4n) is 9.93. The van der Waals surface area contributed by atoms with Gasteiger partial charge in [0.15, 0.2) is 5.79 Å². The average Bonchev–Trinajstić information content (AvgIpc) is 3.18. The van der Waals surface area contributed by atoms with Gasteiger partial charge in [-0.25, -0.2) is 0 Å². The molecule has 1 N–H and O–H groups in total. The predicted molar refractivity (Wildman–Crippen MR) is 118 cm³/mol. The molecule has 0 aromatic heterocycles. The predicted octanol–water partition coefficient (Wildman–Crippen LogP) is 4.97. The number of hydrogen-bond acceptors (Lipinski definition) is 4. The third kappa shape index (κ3) is 2.68. The molecule has 4 saturated carbocycles. The number of ether oxygens (including phenoxy) is 2. The molecule has 4 aliphatic carbocycles. The maximum absolute atomic E-state index is 14.0. The highest BCUT2D eigenvalue weighted by Crippen LogP contribution is 2.70. The summed E-state index contributed by atoms with van der Waals surface area (Å²) in [6.07, 6.45) is 9.39. The van der Waals surface area contributed by atoms with Crippen molar-refractivity contribution in [3.8, 4) is 0 Å². The summed E-state index contributed by atoms with van der Waals surface area (Å²) in [6, 6.07) is 0. The van der Waals surface area contributed by atoms with Crippen molar-refractivity contribution in [1.29, 1.82) is 0 Å². The van der Waals surface area contributed by atoms with E-state index in [0.717, 1.165) is 51.6 Å². The van der Waals surface area contributed by atoms with Crippen LogP contribution in [0.15, 0.2) is 0 Å². The molecule has 6 rings (SSSR count). The van der Waals surface area contributed by atoms with Crippen LogP contribution in [0, 0.1) is 52.3 Å². The van der Waals surface area contributed by atoms with Gasteiger partial charge in [0.05, 0.1) is 18.8 Å². The standard InChI is InChI=1S/C27H42O4/c1-15-7-10-27(30-14-15)16(2)24-22(31-27)12-21-19-6-5-17-11-18(28)8-9-25(17,3)20(19)13-23(29)26(21,24)4/h15-22,24,28H,5-14H2,1-4H3/t15?,16?,17?,18?,19?,20?,21?,22?,24?,25-,26+,27+/m0/s1. The highest BCUT2D eigenvalue weighted by Gasteiger charge is 2.71. The molecular weight excluding hydrogens is 388 g/mol. The Hall–Kier alpha value is -0.450. The van der Waals surface area contributed by atoms with E-state index in [1.54, 1.807) is 0 Å². The van der Waals surface area contributed by atoms with E-state index in [1.165, 1.54) is 12.8 Å². The third-order valence-electron chi connectivity index (χ3n) is 11.8. The molecule has 6 fully saturated rings. The van der Waals surface area contributed by atoms with Gasteiger partial charge in [0.1, 0.15) is 5.78 Å². The third-order valence-corrected chi connectivity index (χ3v) is 11.8. The summed E-state index contributed by atoms with van der Waals surface area (Å²) >= 11 is 0. The van der Waals surface area contributed by atoms with Gasteiger partial charge < -0.3 is 14.6 Å². The van der Waals surface area contributed by atoms with E-state index in [0.29, 0.717) is 41.3 Å². The van der Waals surface area contributed by atoms with Gasteiger partial charge in [-0.05, 0) is 80.0 Å². The molecule has 0 amide bonds. The van der Waals surface area contributed by atoms with Gasteiger partial charge in [0, 0.05) is 30.1 Å². The van der Waals surface area contributed by atoms with Crippen molar-refractivity contribution < 1.29 is 19.4 Å². The van der Waals surface area contributed by atoms with Crippen LogP contribution in [-0.4, -0.2) is 35.5 Å². The zero-order valence-electron chi connectivity index (χ0n) is 19.9. The Bertz CT molecular complexity index is 756. The molecule has 2 heterocycles. The molecule has 0 bridgehead atoms. The first-order valence-corrected chi connectivity index (χ1v) is 13.2. The minimum atomic E-state index is -0.448. The van der Waals surface area contributed by atoms with Crippen molar-refractivity contribution in [2.45, 2.75) is 103 Å². The fraction of sp³-hybridized carbons (Fsp3) is 0.963. The van der Waals surface area contributed by atoms with E-state index in [4.69, 9.17) is 9.47 Å². The number of carbonyl (C=O) groups is 1. The Labute approximate surface area is 187 Å². The summed E-state index contributed by atoms with van der Waals surface area (Å²) in [5, 5.41) is 10.3. The van der Waals surface area contributed by atoms with Crippen LogP contribution < -0.4 is 0 Å². The molecule has 1 spiro atoms. The summed E-state index contributed by atoms with van der Waals surface area (Å²) in [7, 11) is 0. The van der Waals surface area contributed by atoms with Gasteiger partial charge in [-0.15, -0.1) is 0 Å². The number of rotatable bonds is 0. The number of hydrogen-bond donors (Lipinski definition) is 1. The van der Waals surface area contributed by atoms with E-state index in [2.05, 4.69) is 27.7 Å². The molecular formula is C27H42O4. The van der Waals surface area contributed by atoms with Crippen LogP contribution in [0.25, 0.3) is 0 Å². The van der Waals surface area contributed by atoms with Gasteiger partial charge >= 0.3 is 0 Å². The fourth-order valence-corrected chi connectivity index (χ4v) is 9.93. The van der Waals surface area contributed by atoms with Gasteiger partial charge in [-0.1, -0.05) is 27.7 Å². The summed E-state index contributed by atoms with van der Waals surface area (Å²) in [5.74, 6) is 3.45. The lowest BCUT2D eigenvalue weighted by Gasteiger charge is -2.60. The molecule has 2 saturated heterocycles. The second kappa shape index (κ2) is 6.79. The van der Waals surface area contributed by atoms with Crippen molar-refractivity contribution >= 4 is 5.78 Å². The SMILES string of the molecule is CC1CC[C@@]2(OC1)OC1CC3C4CCC5CC(O)CC[C@]5(C)C4CC(=O)[C@]3(C)C1C2C. The van der Waals surface area contributed by atoms with E-state index < -0.39 is 5.79 Å². The van der Waals surface area contributed by atoms with Crippen LogP contribution in [0.1, 0.15) is 85.5 Å². The lowest BCUT2D eigenvalue weighted by atomic mass is 9.44. The zero-order valence-corrected chi connectivity index (χ0v) is 19.9. The molecule has 174 valence electrons. The molecule has 2 aliphatic heterocycles. The van der Waals surface area contributed by atoms with Crippen molar-refractivity contribution in [3.05, 3.63) is 0 Å². The summed E-state index contributed by atoms with van der Waals surface area (Å²) in [6.45, 7) is 10.1. The van der Waals surface area contributed by atoms with E-state index in [1.807, 2.05) is 0 Å². The molecule has 6 aliphatic rings. The Kier molecular flexibility index (Phi) is 4.62. The Balaban J connectivity index is 1.30. The number of ketones is 1. The van der Waals surface area contributed by atoms with Crippen molar-refractivity contribution in [2.24, 2.45) is 52.3 Å². The normalized spacial score (nSPS) is 60.9. The second-order valence-corrected chi connectivity index (χ2v) is 13.0. The number of aliphatic hydroxyl groups excluding tert-OH is 1. The molecule has 0 aromatic carbocycles. The number of carbonyl (C=O) groups excluding carboxylic acids is 1. The Morgan fingerprint density at radius 3 is 2.55 bits per heavy atom. The zero-order chi connectivity index (χ0) is 21.8. The van der Waals surface area contributed by atoms with Crippen LogP contribution in [0.5, 0.6) is 0 Å². The van der Waals surface area contributed by atoms with Crippen LogP contribution in [0.3, 0.4) is 0 Å². The summed E-state index contributed by atoms with van der Waals surface area (Å²) in [5.41, 5.74) is -0.0221. The van der Waals surface area contributed by atoms with E-state index >= 15 is 0 Å². The van der Waals surface area contributed by atoms with Gasteiger partial charge in [-0.3, -0.25) is 4.79 Å². The van der Waals surface area contributed by atoms with Crippen molar-refractivity contribution in [3.63, 3.8) is 0 Å². The van der Waals surface area contributed by atoms with E-state index in [-0.39, 0.29) is 29.0 Å².